The zero-order valence-electron chi connectivity index (χ0n) is 16.4. The minimum Gasteiger partial charge on any atom is -0.378 e. The summed E-state index contributed by atoms with van der Waals surface area (Å²) >= 11 is 1.12. The molecular weight excluding hydrogens is 410 g/mol. The number of ether oxygens (including phenoxy) is 1. The maximum absolute atomic E-state index is 12.7. The van der Waals surface area contributed by atoms with Crippen LogP contribution in [0, 0.1) is 23.7 Å². The van der Waals surface area contributed by atoms with E-state index in [0.29, 0.717) is 43.1 Å². The monoisotopic (exact) mass is 433 g/mol. The number of imide groups is 1. The van der Waals surface area contributed by atoms with Gasteiger partial charge in [0.25, 0.3) is 0 Å². The lowest BCUT2D eigenvalue weighted by Crippen LogP contribution is -2.41. The van der Waals surface area contributed by atoms with Crippen molar-refractivity contribution in [1.82, 2.24) is 20.0 Å². The van der Waals surface area contributed by atoms with Gasteiger partial charge in [0.2, 0.25) is 28.8 Å². The van der Waals surface area contributed by atoms with Gasteiger partial charge in [0.05, 0.1) is 31.5 Å². The number of amides is 4. The van der Waals surface area contributed by atoms with Crippen molar-refractivity contribution in [1.29, 1.82) is 0 Å². The highest BCUT2D eigenvalue weighted by Gasteiger charge is 2.60. The molecule has 0 unspecified atom stereocenters. The van der Waals surface area contributed by atoms with E-state index in [1.54, 1.807) is 4.90 Å². The minimum absolute atomic E-state index is 0.0539. The highest BCUT2D eigenvalue weighted by Crippen LogP contribution is 2.56. The smallest absolute Gasteiger partial charge is 0.246 e. The number of nitrogens with one attached hydrogen (secondary N) is 1. The molecule has 0 spiro atoms. The van der Waals surface area contributed by atoms with Crippen LogP contribution >= 0.6 is 11.3 Å². The molecule has 2 aliphatic carbocycles. The molecule has 5 rings (SSSR count). The Morgan fingerprint density at radius 2 is 1.73 bits per heavy atom. The van der Waals surface area contributed by atoms with E-state index < -0.39 is 5.91 Å². The Bertz CT molecular complexity index is 870. The molecule has 1 aromatic rings. The van der Waals surface area contributed by atoms with Crippen LogP contribution in [0.15, 0.2) is 0 Å². The van der Waals surface area contributed by atoms with Crippen LogP contribution in [0.1, 0.15) is 24.3 Å². The first-order valence-electron chi connectivity index (χ1n) is 10.3. The summed E-state index contributed by atoms with van der Waals surface area (Å²) in [5, 5.41) is 11.2. The molecule has 0 aromatic carbocycles. The zero-order chi connectivity index (χ0) is 20.8. The quantitative estimate of drug-likeness (QED) is 0.644. The van der Waals surface area contributed by atoms with Crippen LogP contribution in [0.5, 0.6) is 0 Å². The second kappa shape index (κ2) is 7.69. The summed E-state index contributed by atoms with van der Waals surface area (Å²) in [6.07, 6.45) is 3.08. The van der Waals surface area contributed by atoms with E-state index in [0.717, 1.165) is 35.5 Å². The molecule has 160 valence electrons. The summed E-state index contributed by atoms with van der Waals surface area (Å²) in [5.41, 5.74) is 0. The standard InChI is InChI=1S/C19H23N5O5S/c25-12(9-24-17(27)15-10-1-2-11(7-10)16(15)18(24)28)20-19-22-21-13(30-19)8-14(26)23-3-5-29-6-4-23/h10-11,15-16H,1-9H2,(H,20,22,25)/t10-,11-,15-,16-/m0/s1. The number of anilines is 1. The van der Waals surface area contributed by atoms with Gasteiger partial charge in [0, 0.05) is 13.1 Å². The largest absolute Gasteiger partial charge is 0.378 e. The minimum atomic E-state index is -0.480. The first-order chi connectivity index (χ1) is 14.5. The van der Waals surface area contributed by atoms with Crippen molar-refractivity contribution >= 4 is 40.1 Å². The Balaban J connectivity index is 1.16. The molecule has 4 atom stereocenters. The molecule has 4 aliphatic rings. The maximum atomic E-state index is 12.7. The molecule has 2 aliphatic heterocycles. The van der Waals surface area contributed by atoms with Crippen molar-refractivity contribution in [2.24, 2.45) is 23.7 Å². The first-order valence-corrected chi connectivity index (χ1v) is 11.2. The van der Waals surface area contributed by atoms with Gasteiger partial charge in [0.1, 0.15) is 11.6 Å². The van der Waals surface area contributed by atoms with Crippen molar-refractivity contribution in [3.8, 4) is 0 Å². The highest BCUT2D eigenvalue weighted by molar-refractivity contribution is 7.15. The van der Waals surface area contributed by atoms with Gasteiger partial charge in [-0.15, -0.1) is 10.2 Å². The van der Waals surface area contributed by atoms with Gasteiger partial charge in [-0.2, -0.15) is 0 Å². The molecule has 11 heteroatoms. The van der Waals surface area contributed by atoms with Crippen molar-refractivity contribution in [3.05, 3.63) is 5.01 Å². The van der Waals surface area contributed by atoms with Crippen LogP contribution in [0.2, 0.25) is 0 Å². The number of morpholine rings is 1. The third kappa shape index (κ3) is 3.39. The van der Waals surface area contributed by atoms with Gasteiger partial charge >= 0.3 is 0 Å². The third-order valence-electron chi connectivity index (χ3n) is 6.70. The number of likely N-dealkylation sites (tertiary alicyclic amines) is 1. The number of carbonyl (C=O) groups excluding carboxylic acids is 4. The van der Waals surface area contributed by atoms with Gasteiger partial charge in [-0.05, 0) is 31.1 Å². The fourth-order valence-electron chi connectivity index (χ4n) is 5.36. The van der Waals surface area contributed by atoms with Crippen LogP contribution in [-0.4, -0.2) is 76.5 Å². The molecule has 0 radical (unpaired) electrons. The van der Waals surface area contributed by atoms with Gasteiger partial charge in [-0.1, -0.05) is 11.3 Å². The molecular formula is C19H23N5O5S. The van der Waals surface area contributed by atoms with Crippen molar-refractivity contribution in [2.45, 2.75) is 25.7 Å². The van der Waals surface area contributed by atoms with E-state index in [9.17, 15) is 19.2 Å². The third-order valence-corrected chi connectivity index (χ3v) is 7.54. The summed E-state index contributed by atoms with van der Waals surface area (Å²) in [5.74, 6) is -0.832. The van der Waals surface area contributed by atoms with Gasteiger partial charge in [0.15, 0.2) is 0 Å². The molecule has 2 bridgehead atoms. The number of aromatic nitrogens is 2. The van der Waals surface area contributed by atoms with Crippen LogP contribution < -0.4 is 5.32 Å². The molecule has 30 heavy (non-hydrogen) atoms. The first kappa shape index (κ1) is 19.6. The average Bonchev–Trinajstić information content (AvgIpc) is 3.51. The van der Waals surface area contributed by atoms with E-state index in [1.165, 1.54) is 0 Å². The lowest BCUT2D eigenvalue weighted by atomic mass is 9.81. The predicted octanol–water partition coefficient (Wildman–Crippen LogP) is -0.0910. The topological polar surface area (TPSA) is 122 Å². The maximum Gasteiger partial charge on any atom is 0.246 e. The molecule has 4 fully saturated rings. The summed E-state index contributed by atoms with van der Waals surface area (Å²) in [4.78, 5) is 53.0. The summed E-state index contributed by atoms with van der Waals surface area (Å²) < 4.78 is 5.24. The van der Waals surface area contributed by atoms with Crippen LogP contribution in [0.4, 0.5) is 5.13 Å². The van der Waals surface area contributed by atoms with E-state index in [-0.39, 0.29) is 47.7 Å². The highest BCUT2D eigenvalue weighted by atomic mass is 32.1. The van der Waals surface area contributed by atoms with Crippen molar-refractivity contribution in [3.63, 3.8) is 0 Å². The average molecular weight is 433 g/mol. The number of fused-ring (bicyclic) bond motifs is 5. The van der Waals surface area contributed by atoms with E-state index in [4.69, 9.17) is 4.74 Å². The lowest BCUT2D eigenvalue weighted by molar-refractivity contribution is -0.143. The van der Waals surface area contributed by atoms with E-state index in [2.05, 4.69) is 15.5 Å². The van der Waals surface area contributed by atoms with Crippen LogP contribution in [0.3, 0.4) is 0 Å². The molecule has 2 saturated carbocycles. The van der Waals surface area contributed by atoms with Crippen LogP contribution in [0.25, 0.3) is 0 Å². The second-order valence-corrected chi connectivity index (χ2v) is 9.43. The molecule has 1 N–H and O–H groups in total. The number of rotatable bonds is 5. The number of carbonyl (C=O) groups is 4. The lowest BCUT2D eigenvalue weighted by Gasteiger charge is -2.26. The Labute approximate surface area is 176 Å². The number of nitrogens with zero attached hydrogens (tertiary/aromatic N) is 4. The zero-order valence-corrected chi connectivity index (χ0v) is 17.2. The van der Waals surface area contributed by atoms with Gasteiger partial charge in [-0.25, -0.2) is 0 Å². The fraction of sp³-hybridized carbons (Fsp3) is 0.684. The predicted molar refractivity (Wildman–Crippen MR) is 104 cm³/mol. The molecule has 10 nitrogen and oxygen atoms in total. The van der Waals surface area contributed by atoms with Crippen LogP contribution in [-0.2, 0) is 30.3 Å². The van der Waals surface area contributed by atoms with Gasteiger partial charge in [-0.3, -0.25) is 29.4 Å². The Hall–Kier alpha value is -2.40. The molecule has 2 saturated heterocycles. The molecule has 1 aromatic heterocycles. The number of hydrogen-bond acceptors (Lipinski definition) is 8. The summed E-state index contributed by atoms with van der Waals surface area (Å²) in [6.45, 7) is 1.87. The molecule has 4 amide bonds. The normalized spacial score (nSPS) is 30.1. The number of hydrogen-bond donors (Lipinski definition) is 1. The Morgan fingerprint density at radius 3 is 2.40 bits per heavy atom. The summed E-state index contributed by atoms with van der Waals surface area (Å²) in [6, 6.07) is 0. The second-order valence-electron chi connectivity index (χ2n) is 8.37. The van der Waals surface area contributed by atoms with Gasteiger partial charge < -0.3 is 9.64 Å². The SMILES string of the molecule is O=C(CN1C(=O)[C@H]2[C@H]3CC[C@@H](C3)[C@@H]2C1=O)Nc1nnc(CC(=O)N2CCOCC2)s1. The summed E-state index contributed by atoms with van der Waals surface area (Å²) in [7, 11) is 0. The van der Waals surface area contributed by atoms with E-state index in [1.807, 2.05) is 0 Å². The van der Waals surface area contributed by atoms with E-state index >= 15 is 0 Å². The fourth-order valence-corrected chi connectivity index (χ4v) is 6.11. The van der Waals surface area contributed by atoms with Crippen molar-refractivity contribution < 1.29 is 23.9 Å². The Kier molecular flexibility index (Phi) is 5.02. The van der Waals surface area contributed by atoms with Crippen molar-refractivity contribution in [2.75, 3.05) is 38.2 Å². The molecule has 3 heterocycles. The Morgan fingerprint density at radius 1 is 1.07 bits per heavy atom.